The average Bonchev–Trinajstić information content (AvgIpc) is 2.48. The highest BCUT2D eigenvalue weighted by Crippen LogP contribution is 2.08. The van der Waals surface area contributed by atoms with Crippen LogP contribution in [-0.2, 0) is 11.2 Å². The van der Waals surface area contributed by atoms with E-state index in [0.29, 0.717) is 0 Å². The van der Waals surface area contributed by atoms with Gasteiger partial charge in [-0.05, 0) is 32.4 Å². The first-order valence-corrected chi connectivity index (χ1v) is 4.95. The highest BCUT2D eigenvalue weighted by molar-refractivity contribution is 5.23. The Hall–Kier alpha value is -0.870. The van der Waals surface area contributed by atoms with E-state index in [0.717, 1.165) is 31.8 Å². The highest BCUT2D eigenvalue weighted by atomic mass is 16.5. The molecular formula is C10H19N3O. The Morgan fingerprint density at radius 1 is 1.36 bits per heavy atom. The second-order valence-corrected chi connectivity index (χ2v) is 3.41. The van der Waals surface area contributed by atoms with Gasteiger partial charge in [0.15, 0.2) is 0 Å². The van der Waals surface area contributed by atoms with E-state index >= 15 is 0 Å². The van der Waals surface area contributed by atoms with E-state index in [9.17, 15) is 0 Å². The largest absolute Gasteiger partial charge is 0.383 e. The van der Waals surface area contributed by atoms with Gasteiger partial charge in [0.25, 0.3) is 0 Å². The van der Waals surface area contributed by atoms with Crippen molar-refractivity contribution < 1.29 is 4.74 Å². The van der Waals surface area contributed by atoms with Crippen LogP contribution in [0.3, 0.4) is 0 Å². The highest BCUT2D eigenvalue weighted by Gasteiger charge is 2.04. The Bertz CT molecular complexity index is 251. The minimum absolute atomic E-state index is 0.767. The molecule has 0 fully saturated rings. The van der Waals surface area contributed by atoms with E-state index in [2.05, 4.69) is 22.4 Å². The molecule has 0 aliphatic carbocycles. The smallest absolute Gasteiger partial charge is 0.0626 e. The van der Waals surface area contributed by atoms with Gasteiger partial charge < -0.3 is 10.1 Å². The van der Waals surface area contributed by atoms with Crippen molar-refractivity contribution >= 4 is 0 Å². The molecule has 0 spiro atoms. The van der Waals surface area contributed by atoms with Crippen LogP contribution in [0.5, 0.6) is 0 Å². The molecule has 0 amide bonds. The number of H-pyrrole nitrogens is 1. The van der Waals surface area contributed by atoms with Crippen LogP contribution in [0.15, 0.2) is 0 Å². The van der Waals surface area contributed by atoms with Crippen LogP contribution >= 0.6 is 0 Å². The number of methoxy groups -OCH3 is 1. The van der Waals surface area contributed by atoms with E-state index < -0.39 is 0 Å². The number of aromatic amines is 1. The van der Waals surface area contributed by atoms with E-state index in [-0.39, 0.29) is 0 Å². The molecule has 1 heterocycles. The topological polar surface area (TPSA) is 49.9 Å². The molecule has 0 aliphatic heterocycles. The predicted molar refractivity (Wildman–Crippen MR) is 56.5 cm³/mol. The standard InChI is InChI=1S/C10H19N3O/c1-8-10(9(2)13-12-8)4-5-11-6-7-14-3/h11H,4-7H2,1-3H3,(H,12,13). The summed E-state index contributed by atoms with van der Waals surface area (Å²) >= 11 is 0. The van der Waals surface area contributed by atoms with Crippen LogP contribution in [0, 0.1) is 13.8 Å². The summed E-state index contributed by atoms with van der Waals surface area (Å²) in [4.78, 5) is 0. The SMILES string of the molecule is COCCNCCc1c(C)n[nH]c1C. The van der Waals surface area contributed by atoms with E-state index in [1.165, 1.54) is 11.3 Å². The van der Waals surface area contributed by atoms with Gasteiger partial charge in [0.2, 0.25) is 0 Å². The van der Waals surface area contributed by atoms with Gasteiger partial charge in [-0.15, -0.1) is 0 Å². The van der Waals surface area contributed by atoms with Crippen LogP contribution in [0.2, 0.25) is 0 Å². The van der Waals surface area contributed by atoms with Crippen molar-refractivity contribution in [3.05, 3.63) is 17.0 Å². The molecule has 0 saturated heterocycles. The molecule has 0 unspecified atom stereocenters. The lowest BCUT2D eigenvalue weighted by Gasteiger charge is -2.03. The summed E-state index contributed by atoms with van der Waals surface area (Å²) < 4.78 is 4.95. The van der Waals surface area contributed by atoms with Crippen LogP contribution in [0.4, 0.5) is 0 Å². The van der Waals surface area contributed by atoms with Gasteiger partial charge in [0.1, 0.15) is 0 Å². The molecule has 14 heavy (non-hydrogen) atoms. The fourth-order valence-electron chi connectivity index (χ4n) is 1.46. The molecule has 0 bridgehead atoms. The molecule has 4 heteroatoms. The molecular weight excluding hydrogens is 178 g/mol. The Morgan fingerprint density at radius 3 is 2.71 bits per heavy atom. The molecule has 0 aromatic carbocycles. The second kappa shape index (κ2) is 5.78. The minimum Gasteiger partial charge on any atom is -0.383 e. The first-order chi connectivity index (χ1) is 6.75. The third kappa shape index (κ3) is 3.12. The van der Waals surface area contributed by atoms with Crippen LogP contribution in [0.1, 0.15) is 17.0 Å². The van der Waals surface area contributed by atoms with Crippen molar-refractivity contribution in [2.24, 2.45) is 0 Å². The number of aryl methyl sites for hydroxylation is 2. The number of nitrogens with zero attached hydrogens (tertiary/aromatic N) is 1. The van der Waals surface area contributed by atoms with Gasteiger partial charge >= 0.3 is 0 Å². The maximum atomic E-state index is 4.95. The number of aromatic nitrogens is 2. The number of rotatable bonds is 6. The number of ether oxygens (including phenoxy) is 1. The van der Waals surface area contributed by atoms with E-state index in [4.69, 9.17) is 4.74 Å². The minimum atomic E-state index is 0.767. The quantitative estimate of drug-likeness (QED) is 0.663. The summed E-state index contributed by atoms with van der Waals surface area (Å²) in [5.41, 5.74) is 3.61. The zero-order valence-electron chi connectivity index (χ0n) is 9.18. The molecule has 0 saturated carbocycles. The lowest BCUT2D eigenvalue weighted by molar-refractivity contribution is 0.199. The third-order valence-corrected chi connectivity index (χ3v) is 2.32. The molecule has 1 aromatic heterocycles. The van der Waals surface area contributed by atoms with Crippen LogP contribution in [0.25, 0.3) is 0 Å². The van der Waals surface area contributed by atoms with Crippen LogP contribution in [-0.4, -0.2) is 37.0 Å². The van der Waals surface area contributed by atoms with Crippen molar-refractivity contribution in [2.45, 2.75) is 20.3 Å². The number of hydrogen-bond donors (Lipinski definition) is 2. The van der Waals surface area contributed by atoms with E-state index in [1.54, 1.807) is 7.11 Å². The van der Waals surface area contributed by atoms with Gasteiger partial charge in [-0.3, -0.25) is 5.10 Å². The molecule has 1 aromatic rings. The molecule has 0 aliphatic rings. The number of hydrogen-bond acceptors (Lipinski definition) is 3. The second-order valence-electron chi connectivity index (χ2n) is 3.41. The van der Waals surface area contributed by atoms with Crippen molar-refractivity contribution in [2.75, 3.05) is 26.8 Å². The molecule has 4 nitrogen and oxygen atoms in total. The lowest BCUT2D eigenvalue weighted by atomic mass is 10.1. The molecule has 0 atom stereocenters. The van der Waals surface area contributed by atoms with Crippen molar-refractivity contribution in [3.8, 4) is 0 Å². The summed E-state index contributed by atoms with van der Waals surface area (Å²) in [6, 6.07) is 0. The Labute approximate surface area is 85.0 Å². The van der Waals surface area contributed by atoms with Gasteiger partial charge in [-0.25, -0.2) is 0 Å². The zero-order valence-corrected chi connectivity index (χ0v) is 9.18. The molecule has 80 valence electrons. The maximum absolute atomic E-state index is 4.95. The third-order valence-electron chi connectivity index (χ3n) is 2.32. The molecule has 2 N–H and O–H groups in total. The summed E-state index contributed by atoms with van der Waals surface area (Å²) in [6.45, 7) is 6.75. The average molecular weight is 197 g/mol. The molecule has 0 radical (unpaired) electrons. The van der Waals surface area contributed by atoms with Crippen molar-refractivity contribution in [1.82, 2.24) is 15.5 Å². The Balaban J connectivity index is 2.24. The number of nitrogens with one attached hydrogen (secondary N) is 2. The van der Waals surface area contributed by atoms with Gasteiger partial charge in [-0.2, -0.15) is 5.10 Å². The summed E-state index contributed by atoms with van der Waals surface area (Å²) in [7, 11) is 1.71. The monoisotopic (exact) mass is 197 g/mol. The first kappa shape index (κ1) is 11.2. The van der Waals surface area contributed by atoms with E-state index in [1.807, 2.05) is 6.92 Å². The summed E-state index contributed by atoms with van der Waals surface area (Å²) in [6.07, 6.45) is 1.03. The van der Waals surface area contributed by atoms with Crippen molar-refractivity contribution in [1.29, 1.82) is 0 Å². The Morgan fingerprint density at radius 2 is 2.14 bits per heavy atom. The fraction of sp³-hybridized carbons (Fsp3) is 0.700. The van der Waals surface area contributed by atoms with Gasteiger partial charge in [0.05, 0.1) is 12.3 Å². The molecule has 1 rings (SSSR count). The Kier molecular flexibility index (Phi) is 4.62. The maximum Gasteiger partial charge on any atom is 0.0626 e. The van der Waals surface area contributed by atoms with Crippen molar-refractivity contribution in [3.63, 3.8) is 0 Å². The van der Waals surface area contributed by atoms with Crippen LogP contribution < -0.4 is 5.32 Å². The summed E-state index contributed by atoms with van der Waals surface area (Å²) in [5, 5.41) is 10.5. The predicted octanol–water partition coefficient (Wildman–Crippen LogP) is 0.805. The van der Waals surface area contributed by atoms with Gasteiger partial charge in [-0.1, -0.05) is 0 Å². The van der Waals surface area contributed by atoms with Gasteiger partial charge in [0, 0.05) is 19.3 Å². The summed E-state index contributed by atoms with van der Waals surface area (Å²) in [5.74, 6) is 0. The fourth-order valence-corrected chi connectivity index (χ4v) is 1.46. The zero-order chi connectivity index (χ0) is 10.4. The lowest BCUT2D eigenvalue weighted by Crippen LogP contribution is -2.22. The normalized spacial score (nSPS) is 10.8. The first-order valence-electron chi connectivity index (χ1n) is 4.95.